The zero-order valence-electron chi connectivity index (χ0n) is 9.47. The predicted octanol–water partition coefficient (Wildman–Crippen LogP) is 3.04. The van der Waals surface area contributed by atoms with Crippen molar-refractivity contribution in [1.82, 2.24) is 4.98 Å². The summed E-state index contributed by atoms with van der Waals surface area (Å²) in [6, 6.07) is 8.23. The van der Waals surface area contributed by atoms with Crippen LogP contribution in [0.25, 0.3) is 10.6 Å². The Morgan fingerprint density at radius 1 is 1.38 bits per heavy atom. The minimum atomic E-state index is -0.327. The first kappa shape index (κ1) is 11.3. The lowest BCUT2D eigenvalue weighted by atomic mass is 10.1. The highest BCUT2D eigenvalue weighted by Gasteiger charge is 2.08. The summed E-state index contributed by atoms with van der Waals surface area (Å²) < 4.78 is 0. The molecule has 0 aliphatic heterocycles. The van der Waals surface area contributed by atoms with Gasteiger partial charge in [-0.2, -0.15) is 0 Å². The van der Waals surface area contributed by atoms with E-state index in [1.165, 1.54) is 11.1 Å². The van der Waals surface area contributed by atoms with Gasteiger partial charge in [-0.15, -0.1) is 11.3 Å². The number of hydrogen-bond donors (Lipinski definition) is 1. The average molecular weight is 233 g/mol. The third-order valence-electron chi connectivity index (χ3n) is 2.43. The van der Waals surface area contributed by atoms with E-state index < -0.39 is 0 Å². The first-order valence-corrected chi connectivity index (χ1v) is 6.23. The van der Waals surface area contributed by atoms with Crippen LogP contribution in [-0.4, -0.2) is 16.2 Å². The van der Waals surface area contributed by atoms with Crippen LogP contribution in [-0.2, 0) is 6.42 Å². The average Bonchev–Trinajstić information content (AvgIpc) is 2.66. The molecular formula is C13H15NOS. The van der Waals surface area contributed by atoms with Crippen LogP contribution in [0.5, 0.6) is 0 Å². The maximum absolute atomic E-state index is 9.30. The Morgan fingerprint density at radius 2 is 2.12 bits per heavy atom. The van der Waals surface area contributed by atoms with Crippen LogP contribution in [0.2, 0.25) is 0 Å². The number of nitrogens with zero attached hydrogens (tertiary/aromatic N) is 1. The van der Waals surface area contributed by atoms with Crippen LogP contribution in [0.4, 0.5) is 0 Å². The van der Waals surface area contributed by atoms with Crippen molar-refractivity contribution in [3.8, 4) is 10.6 Å². The maximum atomic E-state index is 9.30. The van der Waals surface area contributed by atoms with Crippen LogP contribution in [0.3, 0.4) is 0 Å². The molecule has 1 N–H and O–H groups in total. The van der Waals surface area contributed by atoms with Gasteiger partial charge in [0.15, 0.2) is 0 Å². The largest absolute Gasteiger partial charge is 0.393 e. The van der Waals surface area contributed by atoms with Gasteiger partial charge >= 0.3 is 0 Å². The lowest BCUT2D eigenvalue weighted by molar-refractivity contribution is 0.194. The van der Waals surface area contributed by atoms with Crippen LogP contribution < -0.4 is 0 Å². The van der Waals surface area contributed by atoms with E-state index in [9.17, 15) is 5.11 Å². The van der Waals surface area contributed by atoms with Crippen LogP contribution >= 0.6 is 11.3 Å². The molecule has 16 heavy (non-hydrogen) atoms. The molecule has 2 aromatic rings. The zero-order chi connectivity index (χ0) is 11.5. The molecule has 0 aliphatic rings. The highest BCUT2D eigenvalue weighted by atomic mass is 32.1. The van der Waals surface area contributed by atoms with E-state index in [1.54, 1.807) is 18.3 Å². The van der Waals surface area contributed by atoms with Gasteiger partial charge in [0.2, 0.25) is 0 Å². The summed E-state index contributed by atoms with van der Waals surface area (Å²) in [6.45, 7) is 3.87. The Morgan fingerprint density at radius 3 is 2.81 bits per heavy atom. The van der Waals surface area contributed by atoms with Crippen LogP contribution in [0, 0.1) is 6.92 Å². The normalized spacial score (nSPS) is 12.7. The second kappa shape index (κ2) is 4.76. The summed E-state index contributed by atoms with van der Waals surface area (Å²) in [5.74, 6) is 0. The molecule has 2 rings (SSSR count). The number of rotatable bonds is 3. The number of aryl methyl sites for hydroxylation is 1. The summed E-state index contributed by atoms with van der Waals surface area (Å²) in [6.07, 6.45) is 0.300. The van der Waals surface area contributed by atoms with Gasteiger partial charge in [-0.25, -0.2) is 4.98 Å². The van der Waals surface area contributed by atoms with E-state index in [-0.39, 0.29) is 6.10 Å². The molecule has 1 aromatic heterocycles. The van der Waals surface area contributed by atoms with Gasteiger partial charge in [-0.05, 0) is 19.4 Å². The van der Waals surface area contributed by atoms with Crippen molar-refractivity contribution >= 4 is 11.3 Å². The fourth-order valence-corrected chi connectivity index (χ4v) is 2.56. The summed E-state index contributed by atoms with van der Waals surface area (Å²) >= 11 is 1.64. The van der Waals surface area contributed by atoms with Crippen molar-refractivity contribution in [3.63, 3.8) is 0 Å². The Bertz CT molecular complexity index is 476. The molecule has 1 aromatic carbocycles. The predicted molar refractivity (Wildman–Crippen MR) is 67.7 cm³/mol. The summed E-state index contributed by atoms with van der Waals surface area (Å²) in [5, 5.41) is 12.4. The molecule has 0 amide bonds. The number of thiazole rings is 1. The molecule has 1 heterocycles. The van der Waals surface area contributed by atoms with Gasteiger partial charge < -0.3 is 5.11 Å². The number of benzene rings is 1. The molecule has 1 atom stereocenters. The fraction of sp³-hybridized carbons (Fsp3) is 0.308. The van der Waals surface area contributed by atoms with Crippen LogP contribution in [0.15, 0.2) is 29.6 Å². The Hall–Kier alpha value is -1.19. The molecule has 0 fully saturated rings. The number of aliphatic hydroxyl groups excluding tert-OH is 1. The molecule has 84 valence electrons. The van der Waals surface area contributed by atoms with E-state index in [1.807, 2.05) is 17.5 Å². The maximum Gasteiger partial charge on any atom is 0.123 e. The molecule has 0 radical (unpaired) electrons. The topological polar surface area (TPSA) is 33.1 Å². The van der Waals surface area contributed by atoms with E-state index in [4.69, 9.17) is 0 Å². The van der Waals surface area contributed by atoms with E-state index >= 15 is 0 Å². The molecule has 0 saturated heterocycles. The minimum Gasteiger partial charge on any atom is -0.393 e. The Labute approximate surface area is 99.6 Å². The van der Waals surface area contributed by atoms with Crippen molar-refractivity contribution in [1.29, 1.82) is 0 Å². The van der Waals surface area contributed by atoms with Gasteiger partial charge in [0.25, 0.3) is 0 Å². The zero-order valence-corrected chi connectivity index (χ0v) is 10.3. The molecule has 0 bridgehead atoms. The van der Waals surface area contributed by atoms with Gasteiger partial charge in [0.1, 0.15) is 5.01 Å². The number of hydrogen-bond acceptors (Lipinski definition) is 3. The smallest absolute Gasteiger partial charge is 0.123 e. The molecule has 0 saturated carbocycles. The molecule has 2 nitrogen and oxygen atoms in total. The monoisotopic (exact) mass is 233 g/mol. The van der Waals surface area contributed by atoms with Gasteiger partial charge in [-0.1, -0.05) is 24.3 Å². The summed E-state index contributed by atoms with van der Waals surface area (Å²) in [4.78, 5) is 4.54. The van der Waals surface area contributed by atoms with Crippen molar-refractivity contribution < 1.29 is 5.11 Å². The fourth-order valence-electron chi connectivity index (χ4n) is 1.64. The third kappa shape index (κ3) is 2.49. The summed E-state index contributed by atoms with van der Waals surface area (Å²) in [7, 11) is 0. The Balaban J connectivity index is 2.28. The SMILES string of the molecule is Cc1ccccc1-c1nc(CC(C)O)cs1. The molecular weight excluding hydrogens is 218 g/mol. The first-order valence-electron chi connectivity index (χ1n) is 5.35. The first-order chi connectivity index (χ1) is 7.66. The van der Waals surface area contributed by atoms with E-state index in [2.05, 4.69) is 24.0 Å². The molecule has 3 heteroatoms. The lowest BCUT2D eigenvalue weighted by Crippen LogP contribution is -2.04. The van der Waals surface area contributed by atoms with Crippen molar-refractivity contribution in [3.05, 3.63) is 40.9 Å². The second-order valence-electron chi connectivity index (χ2n) is 4.01. The third-order valence-corrected chi connectivity index (χ3v) is 3.36. The highest BCUT2D eigenvalue weighted by Crippen LogP contribution is 2.26. The molecule has 0 aliphatic carbocycles. The van der Waals surface area contributed by atoms with Crippen molar-refractivity contribution in [2.24, 2.45) is 0 Å². The highest BCUT2D eigenvalue weighted by molar-refractivity contribution is 7.13. The lowest BCUT2D eigenvalue weighted by Gasteiger charge is -2.01. The standard InChI is InChI=1S/C13H15NOS/c1-9-5-3-4-6-12(9)13-14-11(8-16-13)7-10(2)15/h3-6,8,10,15H,7H2,1-2H3. The van der Waals surface area contributed by atoms with Gasteiger partial charge in [0, 0.05) is 17.4 Å². The Kier molecular flexibility index (Phi) is 3.36. The number of aliphatic hydroxyl groups is 1. The molecule has 0 spiro atoms. The minimum absolute atomic E-state index is 0.327. The van der Waals surface area contributed by atoms with E-state index in [0.717, 1.165) is 10.7 Å². The quantitative estimate of drug-likeness (QED) is 0.884. The van der Waals surface area contributed by atoms with E-state index in [0.29, 0.717) is 6.42 Å². The number of aromatic nitrogens is 1. The van der Waals surface area contributed by atoms with Crippen molar-refractivity contribution in [2.75, 3.05) is 0 Å². The van der Waals surface area contributed by atoms with Gasteiger partial charge in [-0.3, -0.25) is 0 Å². The summed E-state index contributed by atoms with van der Waals surface area (Å²) in [5.41, 5.74) is 3.39. The van der Waals surface area contributed by atoms with Crippen LogP contribution in [0.1, 0.15) is 18.2 Å². The van der Waals surface area contributed by atoms with Gasteiger partial charge in [0.05, 0.1) is 11.8 Å². The second-order valence-corrected chi connectivity index (χ2v) is 4.87. The molecule has 1 unspecified atom stereocenters. The van der Waals surface area contributed by atoms with Crippen molar-refractivity contribution in [2.45, 2.75) is 26.4 Å².